The molecular weight excluding hydrogens is 428 g/mol. The first-order chi connectivity index (χ1) is 15.5. The number of benzene rings is 2. The molecule has 0 spiro atoms. The van der Waals surface area contributed by atoms with Crippen molar-refractivity contribution in [1.82, 2.24) is 20.0 Å². The summed E-state index contributed by atoms with van der Waals surface area (Å²) in [4.78, 5) is 26.9. The van der Waals surface area contributed by atoms with Crippen LogP contribution in [-0.2, 0) is 6.54 Å². The van der Waals surface area contributed by atoms with E-state index in [1.54, 1.807) is 30.3 Å². The highest BCUT2D eigenvalue weighted by molar-refractivity contribution is 6.30. The number of nitrogens with one attached hydrogen (secondary N) is 1. The second-order valence-electron chi connectivity index (χ2n) is 8.24. The van der Waals surface area contributed by atoms with Crippen molar-refractivity contribution in [3.63, 3.8) is 0 Å². The van der Waals surface area contributed by atoms with E-state index in [2.05, 4.69) is 5.32 Å². The summed E-state index contributed by atoms with van der Waals surface area (Å²) in [7, 11) is 0. The number of piperidine rings is 1. The lowest BCUT2D eigenvalue weighted by molar-refractivity contribution is 0.0681. The molecule has 2 N–H and O–H groups in total. The lowest BCUT2D eigenvalue weighted by atomic mass is 9.96. The first kappa shape index (κ1) is 22.3. The minimum atomic E-state index is -0.191. The Bertz CT molecular complexity index is 1120. The van der Waals surface area contributed by atoms with Crippen LogP contribution in [0, 0.1) is 12.8 Å². The number of carbonyl (C=O) groups excluding carboxylic acids is 2. The Hall–Kier alpha value is -2.90. The van der Waals surface area contributed by atoms with Crippen molar-refractivity contribution in [2.24, 2.45) is 5.92 Å². The van der Waals surface area contributed by atoms with Crippen molar-refractivity contribution in [1.29, 1.82) is 0 Å². The van der Waals surface area contributed by atoms with Gasteiger partial charge < -0.3 is 15.3 Å². The molecule has 4 rings (SSSR count). The molecule has 0 bridgehead atoms. The third-order valence-corrected chi connectivity index (χ3v) is 6.34. The lowest BCUT2D eigenvalue weighted by Crippen LogP contribution is -2.39. The average molecular weight is 455 g/mol. The number of fused-ring (bicyclic) bond motifs is 1. The van der Waals surface area contributed by atoms with E-state index in [1.807, 2.05) is 28.8 Å². The zero-order valence-corrected chi connectivity index (χ0v) is 18.8. The van der Waals surface area contributed by atoms with Crippen LogP contribution in [0.4, 0.5) is 0 Å². The number of halogens is 1. The Kier molecular flexibility index (Phi) is 6.77. The van der Waals surface area contributed by atoms with Gasteiger partial charge in [0.2, 0.25) is 0 Å². The monoisotopic (exact) mass is 454 g/mol. The number of hydrogen-bond donors (Lipinski definition) is 2. The van der Waals surface area contributed by atoms with Crippen molar-refractivity contribution >= 4 is 34.3 Å². The Balaban J connectivity index is 1.39. The molecule has 0 atom stereocenters. The number of amides is 2. The minimum absolute atomic E-state index is 0.0487. The summed E-state index contributed by atoms with van der Waals surface area (Å²) in [6.07, 6.45) is 3.84. The van der Waals surface area contributed by atoms with Gasteiger partial charge in [-0.15, -0.1) is 0 Å². The van der Waals surface area contributed by atoms with Gasteiger partial charge in [0.25, 0.3) is 11.8 Å². The van der Waals surface area contributed by atoms with Gasteiger partial charge in [0.1, 0.15) is 0 Å². The summed E-state index contributed by atoms with van der Waals surface area (Å²) in [5, 5.41) is 17.9. The third-order valence-electron chi connectivity index (χ3n) is 6.09. The Morgan fingerprint density at radius 3 is 2.56 bits per heavy atom. The van der Waals surface area contributed by atoms with Gasteiger partial charge in [0, 0.05) is 53.9 Å². The Labute approximate surface area is 192 Å². The number of carbonyl (C=O) groups is 2. The predicted molar refractivity (Wildman–Crippen MR) is 124 cm³/mol. The van der Waals surface area contributed by atoms with Crippen molar-refractivity contribution in [3.05, 3.63) is 64.3 Å². The fraction of sp³-hybridized carbons (Fsp3) is 0.375. The normalized spacial score (nSPS) is 14.7. The van der Waals surface area contributed by atoms with Gasteiger partial charge in [-0.25, -0.2) is 0 Å². The second-order valence-corrected chi connectivity index (χ2v) is 8.68. The smallest absolute Gasteiger partial charge is 0.253 e. The van der Waals surface area contributed by atoms with Gasteiger partial charge in [-0.1, -0.05) is 11.6 Å². The first-order valence-electron chi connectivity index (χ1n) is 10.9. The lowest BCUT2D eigenvalue weighted by Gasteiger charge is -2.32. The van der Waals surface area contributed by atoms with Crippen LogP contribution in [-0.4, -0.2) is 57.8 Å². The summed E-state index contributed by atoms with van der Waals surface area (Å²) in [6, 6.07) is 10.7. The Morgan fingerprint density at radius 1 is 1.16 bits per heavy atom. The summed E-state index contributed by atoms with van der Waals surface area (Å²) in [5.41, 5.74) is 3.00. The molecule has 2 aromatic carbocycles. The van der Waals surface area contributed by atoms with Crippen LogP contribution in [0.1, 0.15) is 39.1 Å². The van der Waals surface area contributed by atoms with Crippen LogP contribution < -0.4 is 5.32 Å². The quantitative estimate of drug-likeness (QED) is 0.598. The van der Waals surface area contributed by atoms with Crippen LogP contribution in [0.5, 0.6) is 0 Å². The topological polar surface area (TPSA) is 87.5 Å². The molecule has 8 heteroatoms. The number of likely N-dealkylation sites (tertiary alicyclic amines) is 1. The molecule has 0 radical (unpaired) electrons. The molecule has 0 aliphatic carbocycles. The van der Waals surface area contributed by atoms with Crippen molar-refractivity contribution < 1.29 is 14.7 Å². The number of rotatable bonds is 6. The summed E-state index contributed by atoms with van der Waals surface area (Å²) in [6.45, 7) is 4.29. The van der Waals surface area contributed by atoms with Crippen LogP contribution in [0.2, 0.25) is 5.02 Å². The number of aryl methyl sites for hydroxylation is 1. The number of aliphatic hydroxyl groups excluding tert-OH is 1. The van der Waals surface area contributed by atoms with Crippen LogP contribution in [0.3, 0.4) is 0 Å². The molecule has 1 aromatic heterocycles. The number of aromatic nitrogens is 2. The molecule has 2 amide bonds. The van der Waals surface area contributed by atoms with Gasteiger partial charge in [0.15, 0.2) is 0 Å². The summed E-state index contributed by atoms with van der Waals surface area (Å²) < 4.78 is 1.95. The predicted octanol–water partition coefficient (Wildman–Crippen LogP) is 3.27. The Morgan fingerprint density at radius 2 is 1.88 bits per heavy atom. The van der Waals surface area contributed by atoms with E-state index in [1.165, 1.54) is 0 Å². The fourth-order valence-corrected chi connectivity index (χ4v) is 4.37. The van der Waals surface area contributed by atoms with E-state index in [-0.39, 0.29) is 25.0 Å². The highest BCUT2D eigenvalue weighted by Gasteiger charge is 2.24. The molecule has 1 aliphatic heterocycles. The molecule has 0 saturated carbocycles. The molecular formula is C24H27ClN4O3. The van der Waals surface area contributed by atoms with E-state index >= 15 is 0 Å². The maximum atomic E-state index is 12.7. The number of aliphatic hydroxyl groups is 1. The molecule has 1 fully saturated rings. The fourth-order valence-electron chi connectivity index (χ4n) is 4.24. The van der Waals surface area contributed by atoms with Crippen LogP contribution in [0.25, 0.3) is 10.9 Å². The van der Waals surface area contributed by atoms with Gasteiger partial charge in [-0.05, 0) is 67.6 Å². The third kappa shape index (κ3) is 4.79. The van der Waals surface area contributed by atoms with Crippen LogP contribution >= 0.6 is 11.6 Å². The highest BCUT2D eigenvalue weighted by atomic mass is 35.5. The summed E-state index contributed by atoms with van der Waals surface area (Å²) >= 11 is 5.92. The zero-order valence-electron chi connectivity index (χ0n) is 18.1. The zero-order chi connectivity index (χ0) is 22.7. The van der Waals surface area contributed by atoms with Crippen LogP contribution in [0.15, 0.2) is 42.6 Å². The van der Waals surface area contributed by atoms with E-state index in [9.17, 15) is 9.59 Å². The SMILES string of the molecule is Cc1c(C(=O)NCCO)ccc2nn(CC3CCN(C(=O)c4ccc(Cl)cc4)CC3)cc12. The van der Waals surface area contributed by atoms with Crippen molar-refractivity contribution in [3.8, 4) is 0 Å². The molecule has 2 heterocycles. The molecule has 0 unspecified atom stereocenters. The second kappa shape index (κ2) is 9.71. The molecule has 32 heavy (non-hydrogen) atoms. The molecule has 168 valence electrons. The highest BCUT2D eigenvalue weighted by Crippen LogP contribution is 2.24. The summed E-state index contributed by atoms with van der Waals surface area (Å²) in [5.74, 6) is 0.294. The van der Waals surface area contributed by atoms with E-state index in [0.717, 1.165) is 48.9 Å². The maximum Gasteiger partial charge on any atom is 0.253 e. The minimum Gasteiger partial charge on any atom is -0.395 e. The van der Waals surface area contributed by atoms with Crippen molar-refractivity contribution in [2.45, 2.75) is 26.3 Å². The largest absolute Gasteiger partial charge is 0.395 e. The van der Waals surface area contributed by atoms with Gasteiger partial charge in [-0.3, -0.25) is 14.3 Å². The number of nitrogens with zero attached hydrogens (tertiary/aromatic N) is 3. The molecule has 3 aromatic rings. The van der Waals surface area contributed by atoms with E-state index in [0.29, 0.717) is 22.1 Å². The van der Waals surface area contributed by atoms with Gasteiger partial charge in [0.05, 0.1) is 12.1 Å². The van der Waals surface area contributed by atoms with Crippen molar-refractivity contribution in [2.75, 3.05) is 26.2 Å². The molecule has 1 aliphatic rings. The number of hydrogen-bond acceptors (Lipinski definition) is 4. The van der Waals surface area contributed by atoms with E-state index in [4.69, 9.17) is 21.8 Å². The van der Waals surface area contributed by atoms with Gasteiger partial charge in [-0.2, -0.15) is 5.10 Å². The first-order valence-corrected chi connectivity index (χ1v) is 11.2. The maximum absolute atomic E-state index is 12.7. The van der Waals surface area contributed by atoms with Gasteiger partial charge >= 0.3 is 0 Å². The standard InChI is InChI=1S/C24H27ClN4O3/c1-16-20(23(31)26-10-13-30)6-7-22-21(16)15-29(27-22)14-17-8-11-28(12-9-17)24(32)18-2-4-19(25)5-3-18/h2-7,15,17,30H,8-14H2,1H3,(H,26,31). The molecule has 7 nitrogen and oxygen atoms in total. The molecule has 1 saturated heterocycles. The van der Waals surface area contributed by atoms with E-state index < -0.39 is 0 Å². The average Bonchev–Trinajstić information content (AvgIpc) is 3.22.